The molecule has 1 aromatic rings. The van der Waals surface area contributed by atoms with Crippen LogP contribution in [0, 0.1) is 0 Å². The lowest BCUT2D eigenvalue weighted by Crippen LogP contribution is -2.39. The molecule has 1 aromatic carbocycles. The normalized spacial score (nSPS) is 10.8. The van der Waals surface area contributed by atoms with Gasteiger partial charge in [0.1, 0.15) is 0 Å². The van der Waals surface area contributed by atoms with E-state index in [0.717, 1.165) is 12.0 Å². The molecule has 0 aromatic heterocycles. The lowest BCUT2D eigenvalue weighted by molar-refractivity contribution is -0.139. The molecular weight excluding hydrogens is 312 g/mol. The molecule has 0 aliphatic rings. The van der Waals surface area contributed by atoms with Crippen LogP contribution in [0.15, 0.2) is 35.4 Å². The van der Waals surface area contributed by atoms with Crippen LogP contribution in [0.4, 0.5) is 0 Å². The maximum Gasteiger partial charge on any atom is 0.329 e. The van der Waals surface area contributed by atoms with Gasteiger partial charge in [-0.05, 0) is 18.9 Å². The molecule has 0 aliphatic heterocycles. The van der Waals surface area contributed by atoms with Gasteiger partial charge in [0.15, 0.2) is 0 Å². The number of benzene rings is 1. The molecule has 130 valence electrons. The number of nitrogens with one attached hydrogen (secondary N) is 3. The summed E-state index contributed by atoms with van der Waals surface area (Å²) in [5, 5.41) is 17.2. The van der Waals surface area contributed by atoms with Crippen molar-refractivity contribution in [3.8, 4) is 0 Å². The van der Waals surface area contributed by atoms with E-state index in [2.05, 4.69) is 21.2 Å². The third kappa shape index (κ3) is 8.04. The molecule has 0 aliphatic carbocycles. The van der Waals surface area contributed by atoms with Crippen LogP contribution in [0.25, 0.3) is 0 Å². The van der Waals surface area contributed by atoms with Crippen LogP contribution >= 0.6 is 0 Å². The van der Waals surface area contributed by atoms with Gasteiger partial charge in [-0.1, -0.05) is 30.3 Å². The summed E-state index contributed by atoms with van der Waals surface area (Å²) in [4.78, 5) is 34.3. The molecule has 0 fully saturated rings. The largest absolute Gasteiger partial charge is 0.395 e. The lowest BCUT2D eigenvalue weighted by Gasteiger charge is -2.06. The molecule has 24 heavy (non-hydrogen) atoms. The number of hydrogen-bond acceptors (Lipinski definition) is 5. The third-order valence-corrected chi connectivity index (χ3v) is 2.95. The zero-order chi connectivity index (χ0) is 17.8. The molecule has 0 heterocycles. The minimum atomic E-state index is -0.952. The molecule has 0 spiro atoms. The van der Waals surface area contributed by atoms with E-state index in [1.807, 2.05) is 30.3 Å². The second-order valence-corrected chi connectivity index (χ2v) is 5.03. The van der Waals surface area contributed by atoms with Gasteiger partial charge in [-0.2, -0.15) is 5.10 Å². The van der Waals surface area contributed by atoms with Gasteiger partial charge in [-0.15, -0.1) is 0 Å². The van der Waals surface area contributed by atoms with E-state index >= 15 is 0 Å². The van der Waals surface area contributed by atoms with Crippen LogP contribution in [0.2, 0.25) is 0 Å². The number of amides is 3. The molecule has 0 atom stereocenters. The van der Waals surface area contributed by atoms with Crippen LogP contribution in [-0.2, 0) is 20.8 Å². The zero-order valence-electron chi connectivity index (χ0n) is 13.5. The Morgan fingerprint density at radius 2 is 1.75 bits per heavy atom. The summed E-state index contributed by atoms with van der Waals surface area (Å²) in [6, 6.07) is 9.77. The van der Waals surface area contributed by atoms with Gasteiger partial charge in [0, 0.05) is 18.8 Å². The molecule has 4 N–H and O–H groups in total. The van der Waals surface area contributed by atoms with Gasteiger partial charge in [-0.25, -0.2) is 5.43 Å². The molecule has 0 bridgehead atoms. The Labute approximate surface area is 140 Å². The monoisotopic (exact) mass is 334 g/mol. The Morgan fingerprint density at radius 3 is 2.42 bits per heavy atom. The van der Waals surface area contributed by atoms with Crippen molar-refractivity contribution in [3.05, 3.63) is 35.9 Å². The summed E-state index contributed by atoms with van der Waals surface area (Å²) in [5.74, 6) is -2.06. The Kier molecular flexibility index (Phi) is 8.77. The number of aliphatic hydroxyl groups excluding tert-OH is 1. The van der Waals surface area contributed by atoms with Crippen molar-refractivity contribution < 1.29 is 19.5 Å². The SMILES string of the molecule is CC(CC(=O)NCCc1ccccc1)=NNC(=O)C(=O)NCCO. The summed E-state index contributed by atoms with van der Waals surface area (Å²) in [6.07, 6.45) is 0.748. The average Bonchev–Trinajstić information content (AvgIpc) is 2.58. The van der Waals surface area contributed by atoms with E-state index in [9.17, 15) is 14.4 Å². The number of carbonyl (C=O) groups is 3. The van der Waals surface area contributed by atoms with Gasteiger partial charge < -0.3 is 15.7 Å². The molecule has 3 amide bonds. The molecule has 8 nitrogen and oxygen atoms in total. The maximum absolute atomic E-state index is 11.8. The number of nitrogens with zero attached hydrogens (tertiary/aromatic N) is 1. The van der Waals surface area contributed by atoms with Crippen molar-refractivity contribution in [2.24, 2.45) is 5.10 Å². The van der Waals surface area contributed by atoms with Crippen molar-refractivity contribution in [1.82, 2.24) is 16.1 Å². The molecule has 1 rings (SSSR count). The molecule has 0 radical (unpaired) electrons. The lowest BCUT2D eigenvalue weighted by atomic mass is 10.1. The molecule has 0 saturated heterocycles. The highest BCUT2D eigenvalue weighted by Crippen LogP contribution is 1.98. The summed E-state index contributed by atoms with van der Waals surface area (Å²) >= 11 is 0. The molecule has 0 unspecified atom stereocenters. The number of hydrazone groups is 1. The van der Waals surface area contributed by atoms with Crippen LogP contribution in [0.1, 0.15) is 18.9 Å². The van der Waals surface area contributed by atoms with E-state index < -0.39 is 11.8 Å². The predicted molar refractivity (Wildman–Crippen MR) is 89.1 cm³/mol. The van der Waals surface area contributed by atoms with Crippen LogP contribution in [0.3, 0.4) is 0 Å². The minimum absolute atomic E-state index is 0.0151. The first kappa shape index (κ1) is 19.3. The van der Waals surface area contributed by atoms with Crippen molar-refractivity contribution in [3.63, 3.8) is 0 Å². The summed E-state index contributed by atoms with van der Waals surface area (Å²) in [6.45, 7) is 1.80. The first-order valence-electron chi connectivity index (χ1n) is 7.55. The first-order chi connectivity index (χ1) is 11.5. The van der Waals surface area contributed by atoms with E-state index in [4.69, 9.17) is 5.11 Å². The molecular formula is C16H22N4O4. The fourth-order valence-corrected chi connectivity index (χ4v) is 1.77. The predicted octanol–water partition coefficient (Wildman–Crippen LogP) is -0.664. The highest BCUT2D eigenvalue weighted by Gasteiger charge is 2.12. The zero-order valence-corrected chi connectivity index (χ0v) is 13.5. The highest BCUT2D eigenvalue weighted by atomic mass is 16.3. The fourth-order valence-electron chi connectivity index (χ4n) is 1.77. The number of aliphatic hydroxyl groups is 1. The third-order valence-electron chi connectivity index (χ3n) is 2.95. The summed E-state index contributed by atoms with van der Waals surface area (Å²) in [5.41, 5.74) is 3.55. The molecule has 0 saturated carbocycles. The minimum Gasteiger partial charge on any atom is -0.395 e. The Hall–Kier alpha value is -2.74. The second kappa shape index (κ2) is 10.9. The van der Waals surface area contributed by atoms with Crippen LogP contribution in [-0.4, -0.2) is 48.2 Å². The Bertz CT molecular complexity index is 587. The van der Waals surface area contributed by atoms with Crippen LogP contribution < -0.4 is 16.1 Å². The van der Waals surface area contributed by atoms with Gasteiger partial charge >= 0.3 is 11.8 Å². The van der Waals surface area contributed by atoms with Gasteiger partial charge in [0.25, 0.3) is 0 Å². The van der Waals surface area contributed by atoms with Crippen LogP contribution in [0.5, 0.6) is 0 Å². The van der Waals surface area contributed by atoms with Crippen molar-refractivity contribution in [2.45, 2.75) is 19.8 Å². The Balaban J connectivity index is 2.27. The van der Waals surface area contributed by atoms with E-state index in [-0.39, 0.29) is 25.5 Å². The van der Waals surface area contributed by atoms with Crippen molar-refractivity contribution in [1.29, 1.82) is 0 Å². The summed E-state index contributed by atoms with van der Waals surface area (Å²) in [7, 11) is 0. The number of rotatable bonds is 8. The fraction of sp³-hybridized carbons (Fsp3) is 0.375. The molecule has 8 heteroatoms. The van der Waals surface area contributed by atoms with Gasteiger partial charge in [0.2, 0.25) is 5.91 Å². The first-order valence-corrected chi connectivity index (χ1v) is 7.55. The van der Waals surface area contributed by atoms with E-state index in [1.54, 1.807) is 6.92 Å². The second-order valence-electron chi connectivity index (χ2n) is 5.03. The average molecular weight is 334 g/mol. The standard InChI is InChI=1S/C16H22N4O4/c1-12(19-20-16(24)15(23)18-9-10-21)11-14(22)17-8-7-13-5-3-2-4-6-13/h2-6,21H,7-11H2,1H3,(H,17,22)(H,18,23)(H,20,24). The van der Waals surface area contributed by atoms with E-state index in [0.29, 0.717) is 12.3 Å². The highest BCUT2D eigenvalue weighted by molar-refractivity contribution is 6.35. The Morgan fingerprint density at radius 1 is 1.04 bits per heavy atom. The maximum atomic E-state index is 11.8. The van der Waals surface area contributed by atoms with E-state index in [1.165, 1.54) is 0 Å². The van der Waals surface area contributed by atoms with Crippen molar-refractivity contribution in [2.75, 3.05) is 19.7 Å². The quantitative estimate of drug-likeness (QED) is 0.286. The van der Waals surface area contributed by atoms with Crippen molar-refractivity contribution >= 4 is 23.4 Å². The number of hydrogen-bond donors (Lipinski definition) is 4. The summed E-state index contributed by atoms with van der Waals surface area (Å²) < 4.78 is 0. The van der Waals surface area contributed by atoms with Gasteiger partial charge in [-0.3, -0.25) is 14.4 Å². The smallest absolute Gasteiger partial charge is 0.329 e. The number of carbonyl (C=O) groups excluding carboxylic acids is 3. The topological polar surface area (TPSA) is 120 Å². The van der Waals surface area contributed by atoms with Gasteiger partial charge in [0.05, 0.1) is 13.0 Å².